The average molecular weight is 297 g/mol. The Balaban J connectivity index is 1.57. The van der Waals surface area contributed by atoms with E-state index in [1.165, 1.54) is 24.3 Å². The molecule has 5 heteroatoms. The third-order valence-electron chi connectivity index (χ3n) is 5.92. The monoisotopic (exact) mass is 296 g/mol. The predicted molar refractivity (Wildman–Crippen MR) is 74.3 cm³/mol. The molecule has 5 rings (SSSR count). The van der Waals surface area contributed by atoms with Crippen molar-refractivity contribution in [1.29, 1.82) is 0 Å². The summed E-state index contributed by atoms with van der Waals surface area (Å²) in [7, 11) is 0. The summed E-state index contributed by atoms with van der Waals surface area (Å²) in [6, 6.07) is 0. The maximum atomic E-state index is 12.9. The first-order chi connectivity index (χ1) is 9.57. The lowest BCUT2D eigenvalue weighted by atomic mass is 9.49. The molecular formula is C15H21ClN2O2. The molecule has 20 heavy (non-hydrogen) atoms. The number of hydrogen-bond acceptors (Lipinski definition) is 2. The molecule has 4 bridgehead atoms. The minimum atomic E-state index is -0.265. The van der Waals surface area contributed by atoms with Gasteiger partial charge < -0.3 is 0 Å². The highest BCUT2D eigenvalue weighted by atomic mass is 35.5. The zero-order chi connectivity index (χ0) is 13.9. The molecule has 0 radical (unpaired) electrons. The van der Waals surface area contributed by atoms with Crippen LogP contribution in [0.2, 0.25) is 0 Å². The maximum absolute atomic E-state index is 12.9. The van der Waals surface area contributed by atoms with E-state index in [0.717, 1.165) is 30.2 Å². The van der Waals surface area contributed by atoms with Crippen LogP contribution in [0.5, 0.6) is 0 Å². The first-order valence-corrected chi connectivity index (χ1v) is 8.22. The smallest absolute Gasteiger partial charge is 0.262 e. The lowest BCUT2D eigenvalue weighted by molar-refractivity contribution is -0.167. The molecule has 0 aromatic carbocycles. The van der Waals surface area contributed by atoms with Gasteiger partial charge in [-0.05, 0) is 62.7 Å². The van der Waals surface area contributed by atoms with Crippen LogP contribution >= 0.6 is 11.8 Å². The quantitative estimate of drug-likeness (QED) is 0.735. The van der Waals surface area contributed by atoms with E-state index in [4.69, 9.17) is 11.8 Å². The van der Waals surface area contributed by atoms with E-state index in [9.17, 15) is 9.59 Å². The van der Waals surface area contributed by atoms with Crippen molar-refractivity contribution in [3.8, 4) is 0 Å². The first kappa shape index (κ1) is 12.9. The summed E-state index contributed by atoms with van der Waals surface area (Å²) in [4.78, 5) is 24.7. The number of halogens is 1. The van der Waals surface area contributed by atoms with Crippen LogP contribution in [0, 0.1) is 23.2 Å². The van der Waals surface area contributed by atoms with Gasteiger partial charge in [-0.1, -0.05) is 0 Å². The third-order valence-corrected chi connectivity index (χ3v) is 6.26. The Morgan fingerprint density at radius 2 is 1.70 bits per heavy atom. The number of hydrazine groups is 1. The van der Waals surface area contributed by atoms with E-state index >= 15 is 0 Å². The molecule has 0 spiro atoms. The molecule has 4 nitrogen and oxygen atoms in total. The summed E-state index contributed by atoms with van der Waals surface area (Å²) < 4.78 is 1.14. The van der Waals surface area contributed by atoms with Gasteiger partial charge in [-0.2, -0.15) is 4.53 Å². The van der Waals surface area contributed by atoms with E-state index < -0.39 is 0 Å². The minimum absolute atomic E-state index is 0.00600. The van der Waals surface area contributed by atoms with Crippen LogP contribution in [0.4, 0.5) is 0 Å². The molecule has 0 N–H and O–H groups in total. The lowest BCUT2D eigenvalue weighted by Crippen LogP contribution is -2.56. The van der Waals surface area contributed by atoms with Crippen molar-refractivity contribution in [2.45, 2.75) is 51.4 Å². The van der Waals surface area contributed by atoms with E-state index in [-0.39, 0.29) is 17.2 Å². The molecule has 110 valence electrons. The summed E-state index contributed by atoms with van der Waals surface area (Å²) in [5.74, 6) is 2.12. The van der Waals surface area contributed by atoms with E-state index in [1.54, 1.807) is 0 Å². The Bertz CT molecular complexity index is 430. The topological polar surface area (TPSA) is 40.6 Å². The minimum Gasteiger partial charge on any atom is -0.273 e. The molecule has 0 atom stereocenters. The SMILES string of the molecule is O=C1CCCN1N(Cl)C(=O)C12CC3CC(CC(C3)C1)C2. The average Bonchev–Trinajstić information content (AvgIpc) is 2.81. The second-order valence-corrected chi connectivity index (χ2v) is 7.70. The number of nitrogens with zero attached hydrogens (tertiary/aromatic N) is 2. The van der Waals surface area contributed by atoms with Crippen LogP contribution in [0.1, 0.15) is 51.4 Å². The summed E-state index contributed by atoms with van der Waals surface area (Å²) in [5.41, 5.74) is -0.265. The van der Waals surface area contributed by atoms with Gasteiger partial charge in [0.15, 0.2) is 0 Å². The second kappa shape index (κ2) is 4.36. The van der Waals surface area contributed by atoms with E-state index in [1.807, 2.05) is 0 Å². The van der Waals surface area contributed by atoms with Crippen molar-refractivity contribution in [2.75, 3.05) is 6.54 Å². The van der Waals surface area contributed by atoms with Gasteiger partial charge in [0.2, 0.25) is 5.91 Å². The van der Waals surface area contributed by atoms with Gasteiger partial charge in [0.25, 0.3) is 5.91 Å². The van der Waals surface area contributed by atoms with Crippen LogP contribution in [0.15, 0.2) is 0 Å². The fraction of sp³-hybridized carbons (Fsp3) is 0.867. The van der Waals surface area contributed by atoms with E-state index in [0.29, 0.717) is 30.7 Å². The van der Waals surface area contributed by atoms with Crippen LogP contribution < -0.4 is 0 Å². The fourth-order valence-corrected chi connectivity index (χ4v) is 5.84. The number of carbonyl (C=O) groups is 2. The van der Waals surface area contributed by atoms with Crippen LogP contribution in [0.25, 0.3) is 0 Å². The first-order valence-electron chi connectivity index (χ1n) is 7.88. The van der Waals surface area contributed by atoms with E-state index in [2.05, 4.69) is 0 Å². The van der Waals surface area contributed by atoms with Gasteiger partial charge in [-0.15, -0.1) is 0 Å². The fourth-order valence-electron chi connectivity index (χ4n) is 5.50. The number of carbonyl (C=O) groups excluding carboxylic acids is 2. The van der Waals surface area contributed by atoms with Crippen molar-refractivity contribution in [3.05, 3.63) is 0 Å². The molecule has 4 saturated carbocycles. The van der Waals surface area contributed by atoms with Gasteiger partial charge >= 0.3 is 0 Å². The summed E-state index contributed by atoms with van der Waals surface area (Å²) >= 11 is 6.26. The standard InChI is InChI=1S/C15H21ClN2O2/c16-18(17-3-1-2-13(17)19)14(20)15-7-10-4-11(8-15)6-12(5-10)9-15/h10-12H,1-9H2. The number of rotatable bonds is 2. The molecule has 1 saturated heterocycles. The van der Waals surface area contributed by atoms with Crippen molar-refractivity contribution in [1.82, 2.24) is 9.54 Å². The normalized spacial score (nSPS) is 42.4. The molecule has 5 fully saturated rings. The molecule has 5 aliphatic rings. The lowest BCUT2D eigenvalue weighted by Gasteiger charge is -2.56. The van der Waals surface area contributed by atoms with Crippen molar-refractivity contribution < 1.29 is 9.59 Å². The van der Waals surface area contributed by atoms with Crippen molar-refractivity contribution in [3.63, 3.8) is 0 Å². The number of hydrogen-bond donors (Lipinski definition) is 0. The molecule has 2 amide bonds. The maximum Gasteiger partial charge on any atom is 0.262 e. The Morgan fingerprint density at radius 1 is 1.15 bits per heavy atom. The second-order valence-electron chi connectivity index (χ2n) is 7.38. The van der Waals surface area contributed by atoms with Gasteiger partial charge in [0.1, 0.15) is 0 Å². The highest BCUT2D eigenvalue weighted by Crippen LogP contribution is 2.60. The molecule has 0 aromatic rings. The predicted octanol–water partition coefficient (Wildman–Crippen LogP) is 2.72. The largest absolute Gasteiger partial charge is 0.273 e. The third kappa shape index (κ3) is 1.80. The van der Waals surface area contributed by atoms with Crippen LogP contribution in [-0.4, -0.2) is 27.9 Å². The van der Waals surface area contributed by atoms with Crippen LogP contribution in [0.3, 0.4) is 0 Å². The van der Waals surface area contributed by atoms with Gasteiger partial charge in [-0.25, -0.2) is 5.01 Å². The van der Waals surface area contributed by atoms with Gasteiger partial charge in [-0.3, -0.25) is 9.59 Å². The molecular weight excluding hydrogens is 276 g/mol. The Hall–Kier alpha value is -0.770. The van der Waals surface area contributed by atoms with Gasteiger partial charge in [0, 0.05) is 24.7 Å². The molecule has 1 aliphatic heterocycles. The highest BCUT2D eigenvalue weighted by molar-refractivity contribution is 6.22. The zero-order valence-electron chi connectivity index (χ0n) is 11.7. The molecule has 1 heterocycles. The summed E-state index contributed by atoms with van der Waals surface area (Å²) in [6.45, 7) is 0.584. The highest BCUT2D eigenvalue weighted by Gasteiger charge is 2.56. The number of amides is 2. The van der Waals surface area contributed by atoms with Crippen LogP contribution in [-0.2, 0) is 9.59 Å². The molecule has 0 aromatic heterocycles. The Morgan fingerprint density at radius 3 is 2.15 bits per heavy atom. The summed E-state index contributed by atoms with van der Waals surface area (Å²) in [5, 5.41) is 1.45. The summed E-state index contributed by atoms with van der Waals surface area (Å²) in [6.07, 6.45) is 8.19. The van der Waals surface area contributed by atoms with Gasteiger partial charge in [0.05, 0.1) is 5.41 Å². The van der Waals surface area contributed by atoms with Crippen molar-refractivity contribution >= 4 is 23.6 Å². The Kier molecular flexibility index (Phi) is 2.82. The van der Waals surface area contributed by atoms with Crippen molar-refractivity contribution in [2.24, 2.45) is 23.2 Å². The Labute approximate surface area is 124 Å². The molecule has 0 unspecified atom stereocenters. The molecule has 4 aliphatic carbocycles. The zero-order valence-corrected chi connectivity index (χ0v) is 12.4.